The Morgan fingerprint density at radius 3 is 2.19 bits per heavy atom. The fraction of sp³-hybridized carbons (Fsp3) is 0.316. The van der Waals surface area contributed by atoms with E-state index in [-0.39, 0.29) is 28.9 Å². The highest BCUT2D eigenvalue weighted by Crippen LogP contribution is 2.27. The zero-order valence-electron chi connectivity index (χ0n) is 14.9. The highest BCUT2D eigenvalue weighted by molar-refractivity contribution is 7.89. The summed E-state index contributed by atoms with van der Waals surface area (Å²) in [5, 5.41) is 0.506. The lowest BCUT2D eigenvalue weighted by Gasteiger charge is -2.34. The number of amides is 1. The van der Waals surface area contributed by atoms with Crippen LogP contribution in [0.5, 0.6) is 0 Å². The van der Waals surface area contributed by atoms with Crippen LogP contribution in [0.3, 0.4) is 0 Å². The Hall–Kier alpha value is -1.60. The van der Waals surface area contributed by atoms with Crippen molar-refractivity contribution < 1.29 is 13.2 Å². The molecule has 0 spiro atoms. The van der Waals surface area contributed by atoms with Gasteiger partial charge >= 0.3 is 0 Å². The van der Waals surface area contributed by atoms with Crippen LogP contribution in [0, 0.1) is 6.92 Å². The molecule has 1 aliphatic rings. The van der Waals surface area contributed by atoms with Crippen LogP contribution >= 0.6 is 23.2 Å². The molecular weight excluding hydrogens is 407 g/mol. The molecule has 144 valence electrons. The Kier molecular flexibility index (Phi) is 6.11. The summed E-state index contributed by atoms with van der Waals surface area (Å²) in [7, 11) is -3.66. The fourth-order valence-electron chi connectivity index (χ4n) is 2.96. The van der Waals surface area contributed by atoms with Gasteiger partial charge in [-0.3, -0.25) is 4.79 Å². The minimum atomic E-state index is -3.66. The lowest BCUT2D eigenvalue weighted by Crippen LogP contribution is -2.50. The monoisotopic (exact) mass is 426 g/mol. The second kappa shape index (κ2) is 8.19. The summed E-state index contributed by atoms with van der Waals surface area (Å²) in [6, 6.07) is 12.1. The van der Waals surface area contributed by atoms with Crippen molar-refractivity contribution in [3.8, 4) is 0 Å². The molecule has 5 nitrogen and oxygen atoms in total. The number of rotatable bonds is 4. The maximum absolute atomic E-state index is 12.8. The number of carbonyl (C=O) groups is 1. The SMILES string of the molecule is Cc1ccc(CC(=O)N2CCN(S(=O)(=O)c3ccc(Cl)c(Cl)c3)CC2)cc1. The van der Waals surface area contributed by atoms with Crippen molar-refractivity contribution in [2.45, 2.75) is 18.2 Å². The summed E-state index contributed by atoms with van der Waals surface area (Å²) >= 11 is 11.8. The molecule has 2 aromatic carbocycles. The predicted octanol–water partition coefficient (Wildman–Crippen LogP) is 3.38. The van der Waals surface area contributed by atoms with E-state index in [2.05, 4.69) is 0 Å². The zero-order chi connectivity index (χ0) is 19.6. The molecule has 0 aromatic heterocycles. The normalized spacial score (nSPS) is 15.7. The van der Waals surface area contributed by atoms with Crippen molar-refractivity contribution in [3.05, 3.63) is 63.6 Å². The average Bonchev–Trinajstić information content (AvgIpc) is 2.66. The van der Waals surface area contributed by atoms with E-state index in [1.807, 2.05) is 31.2 Å². The van der Waals surface area contributed by atoms with E-state index in [4.69, 9.17) is 23.2 Å². The first-order valence-electron chi connectivity index (χ1n) is 8.56. The van der Waals surface area contributed by atoms with Gasteiger partial charge in [-0.1, -0.05) is 53.0 Å². The average molecular weight is 427 g/mol. The molecule has 8 heteroatoms. The maximum atomic E-state index is 12.8. The maximum Gasteiger partial charge on any atom is 0.243 e. The van der Waals surface area contributed by atoms with E-state index in [0.717, 1.165) is 11.1 Å². The predicted molar refractivity (Wildman–Crippen MR) is 107 cm³/mol. The van der Waals surface area contributed by atoms with Crippen LogP contribution in [0.1, 0.15) is 11.1 Å². The number of carbonyl (C=O) groups excluding carboxylic acids is 1. The molecule has 0 unspecified atom stereocenters. The van der Waals surface area contributed by atoms with Crippen LogP contribution in [0.25, 0.3) is 0 Å². The highest BCUT2D eigenvalue weighted by Gasteiger charge is 2.30. The van der Waals surface area contributed by atoms with Crippen molar-refractivity contribution in [3.63, 3.8) is 0 Å². The smallest absolute Gasteiger partial charge is 0.243 e. The fourth-order valence-corrected chi connectivity index (χ4v) is 4.77. The van der Waals surface area contributed by atoms with Crippen LogP contribution in [0.2, 0.25) is 10.0 Å². The minimum absolute atomic E-state index is 0.00504. The third-order valence-corrected chi connectivity index (χ3v) is 7.23. The summed E-state index contributed by atoms with van der Waals surface area (Å²) in [6.07, 6.45) is 0.319. The van der Waals surface area contributed by atoms with Crippen molar-refractivity contribution in [2.24, 2.45) is 0 Å². The first kappa shape index (κ1) is 20.1. The Morgan fingerprint density at radius 2 is 1.59 bits per heavy atom. The van der Waals surface area contributed by atoms with Gasteiger partial charge in [-0.25, -0.2) is 8.42 Å². The molecule has 0 aliphatic carbocycles. The Morgan fingerprint density at radius 1 is 0.963 bits per heavy atom. The summed E-state index contributed by atoms with van der Waals surface area (Å²) in [4.78, 5) is 14.3. The summed E-state index contributed by atoms with van der Waals surface area (Å²) in [5.74, 6) is 0.00504. The van der Waals surface area contributed by atoms with Gasteiger partial charge in [-0.05, 0) is 30.7 Å². The molecule has 0 radical (unpaired) electrons. The third-order valence-electron chi connectivity index (χ3n) is 4.60. The van der Waals surface area contributed by atoms with E-state index in [1.165, 1.54) is 22.5 Å². The van der Waals surface area contributed by atoms with Crippen LogP contribution in [-0.2, 0) is 21.2 Å². The van der Waals surface area contributed by atoms with Gasteiger partial charge in [-0.15, -0.1) is 0 Å². The molecule has 1 aliphatic heterocycles. The molecule has 0 atom stereocenters. The van der Waals surface area contributed by atoms with E-state index >= 15 is 0 Å². The molecule has 0 saturated carbocycles. The lowest BCUT2D eigenvalue weighted by molar-refractivity contribution is -0.131. The molecule has 27 heavy (non-hydrogen) atoms. The van der Waals surface area contributed by atoms with Crippen molar-refractivity contribution in [1.29, 1.82) is 0 Å². The quantitative estimate of drug-likeness (QED) is 0.752. The van der Waals surface area contributed by atoms with Gasteiger partial charge in [0.15, 0.2) is 0 Å². The van der Waals surface area contributed by atoms with Crippen molar-refractivity contribution in [2.75, 3.05) is 26.2 Å². The highest BCUT2D eigenvalue weighted by atomic mass is 35.5. The number of hydrogen-bond acceptors (Lipinski definition) is 3. The van der Waals surface area contributed by atoms with E-state index in [1.54, 1.807) is 4.90 Å². The van der Waals surface area contributed by atoms with Crippen molar-refractivity contribution >= 4 is 39.1 Å². The molecule has 1 fully saturated rings. The van der Waals surface area contributed by atoms with Crippen LogP contribution < -0.4 is 0 Å². The number of benzene rings is 2. The molecule has 1 amide bonds. The summed E-state index contributed by atoms with van der Waals surface area (Å²) in [5.41, 5.74) is 2.10. The van der Waals surface area contributed by atoms with Crippen LogP contribution in [0.15, 0.2) is 47.4 Å². The first-order chi connectivity index (χ1) is 12.8. The molecule has 1 heterocycles. The number of piperazine rings is 1. The number of sulfonamides is 1. The second-order valence-electron chi connectivity index (χ2n) is 6.52. The van der Waals surface area contributed by atoms with Gasteiger partial charge in [0.1, 0.15) is 0 Å². The Bertz CT molecular complexity index is 938. The minimum Gasteiger partial charge on any atom is -0.340 e. The topological polar surface area (TPSA) is 57.7 Å². The van der Waals surface area contributed by atoms with Gasteiger partial charge in [-0.2, -0.15) is 4.31 Å². The molecule has 1 saturated heterocycles. The number of hydrogen-bond donors (Lipinski definition) is 0. The van der Waals surface area contributed by atoms with Gasteiger partial charge in [0.05, 0.1) is 21.4 Å². The zero-order valence-corrected chi connectivity index (χ0v) is 17.2. The Balaban J connectivity index is 1.63. The van der Waals surface area contributed by atoms with Gasteiger partial charge in [0.2, 0.25) is 15.9 Å². The number of aryl methyl sites for hydroxylation is 1. The molecule has 3 rings (SSSR count). The van der Waals surface area contributed by atoms with E-state index in [9.17, 15) is 13.2 Å². The number of halogens is 2. The first-order valence-corrected chi connectivity index (χ1v) is 10.8. The summed E-state index contributed by atoms with van der Waals surface area (Å²) < 4.78 is 26.9. The lowest BCUT2D eigenvalue weighted by atomic mass is 10.1. The molecular formula is C19H20Cl2N2O3S. The number of nitrogens with zero attached hydrogens (tertiary/aromatic N) is 2. The standard InChI is InChI=1S/C19H20Cl2N2O3S/c1-14-2-4-15(5-3-14)12-19(24)22-8-10-23(11-9-22)27(25,26)16-6-7-17(20)18(21)13-16/h2-7,13H,8-12H2,1H3. The van der Waals surface area contributed by atoms with Crippen LogP contribution in [-0.4, -0.2) is 49.7 Å². The van der Waals surface area contributed by atoms with Gasteiger partial charge < -0.3 is 4.90 Å². The summed E-state index contributed by atoms with van der Waals surface area (Å²) in [6.45, 7) is 3.24. The van der Waals surface area contributed by atoms with E-state index < -0.39 is 10.0 Å². The third kappa shape index (κ3) is 4.63. The molecule has 0 bridgehead atoms. The second-order valence-corrected chi connectivity index (χ2v) is 9.28. The van der Waals surface area contributed by atoms with Gasteiger partial charge in [0.25, 0.3) is 0 Å². The van der Waals surface area contributed by atoms with Gasteiger partial charge in [0, 0.05) is 26.2 Å². The molecule has 0 N–H and O–H groups in total. The van der Waals surface area contributed by atoms with Crippen molar-refractivity contribution in [1.82, 2.24) is 9.21 Å². The molecule has 2 aromatic rings. The van der Waals surface area contributed by atoms with Crippen LogP contribution in [0.4, 0.5) is 0 Å². The largest absolute Gasteiger partial charge is 0.340 e. The Labute approximate surface area is 169 Å². The van der Waals surface area contributed by atoms with E-state index in [0.29, 0.717) is 24.5 Å².